The first-order chi connectivity index (χ1) is 11.6. The van der Waals surface area contributed by atoms with Crippen LogP contribution < -0.4 is 9.46 Å². The summed E-state index contributed by atoms with van der Waals surface area (Å²) in [5.74, 6) is 0.671. The summed E-state index contributed by atoms with van der Waals surface area (Å²) in [5, 5.41) is 0.841. The third kappa shape index (κ3) is 4.29. The van der Waals surface area contributed by atoms with Crippen molar-refractivity contribution in [1.82, 2.24) is 4.72 Å². The van der Waals surface area contributed by atoms with Gasteiger partial charge in [0.05, 0.1) is 20.6 Å². The fraction of sp³-hybridized carbons (Fsp3) is 0.500. The molecule has 2 rings (SSSR count). The van der Waals surface area contributed by atoms with Crippen LogP contribution in [0.25, 0.3) is 11.0 Å². The van der Waals surface area contributed by atoms with Crippen LogP contribution in [0.5, 0.6) is 5.75 Å². The lowest BCUT2D eigenvalue weighted by molar-refractivity contribution is -0.142. The van der Waals surface area contributed by atoms with E-state index in [1.54, 1.807) is 20.1 Å². The highest BCUT2D eigenvalue weighted by atomic mass is 32.2. The van der Waals surface area contributed by atoms with Crippen molar-refractivity contribution in [2.75, 3.05) is 14.2 Å². The number of rotatable bonds is 6. The summed E-state index contributed by atoms with van der Waals surface area (Å²) in [6, 6.07) is 7.38. The number of nitrogens with one attached hydrogen (secondary N) is 1. The first-order valence-electron chi connectivity index (χ1n) is 7.94. The summed E-state index contributed by atoms with van der Waals surface area (Å²) in [5.41, 5.74) is -0.408. The molecule has 0 fully saturated rings. The maximum Gasteiger partial charge on any atom is 0.308 e. The number of hydrogen-bond donors (Lipinski definition) is 1. The molecule has 0 saturated heterocycles. The van der Waals surface area contributed by atoms with E-state index in [-0.39, 0.29) is 6.42 Å². The molecule has 0 spiro atoms. The second-order valence-electron chi connectivity index (χ2n) is 7.06. The first-order valence-corrected chi connectivity index (χ1v) is 9.09. The van der Waals surface area contributed by atoms with Crippen molar-refractivity contribution in [1.29, 1.82) is 0 Å². The number of methoxy groups -OCH3 is 2. The van der Waals surface area contributed by atoms with Crippen LogP contribution >= 0.6 is 0 Å². The zero-order valence-electron chi connectivity index (χ0n) is 15.5. The molecule has 1 aromatic heterocycles. The highest BCUT2D eigenvalue weighted by Crippen LogP contribution is 2.36. The number of fused-ring (bicyclic) bond motifs is 1. The Balaban J connectivity index is 2.49. The molecule has 0 aliphatic carbocycles. The summed E-state index contributed by atoms with van der Waals surface area (Å²) >= 11 is -1.40. The van der Waals surface area contributed by atoms with Gasteiger partial charge in [0.1, 0.15) is 16.0 Å². The minimum atomic E-state index is -1.40. The zero-order chi connectivity index (χ0) is 18.8. The normalized spacial score (nSPS) is 15.6. The standard InChI is InChI=1S/C18H25NO5S/c1-17(2,3)25(21)19-18(4,11-15(20)23-6)14-10-12-8-7-9-13(22-5)16(12)24-14/h7-10,19H,11H2,1-6H3/t18-,25+/m0/s1. The van der Waals surface area contributed by atoms with Gasteiger partial charge in [-0.25, -0.2) is 0 Å². The average molecular weight is 367 g/mol. The molecule has 1 aromatic carbocycles. The average Bonchev–Trinajstić information content (AvgIpc) is 2.98. The van der Waals surface area contributed by atoms with Gasteiger partial charge in [0.15, 0.2) is 11.3 Å². The number of para-hydroxylation sites is 1. The Morgan fingerprint density at radius 2 is 1.96 bits per heavy atom. The lowest BCUT2D eigenvalue weighted by atomic mass is 9.96. The van der Waals surface area contributed by atoms with E-state index >= 15 is 0 Å². The molecule has 0 radical (unpaired) electrons. The number of carbonyl (C=O) groups is 1. The second kappa shape index (κ2) is 7.27. The predicted molar refractivity (Wildman–Crippen MR) is 97.8 cm³/mol. The van der Waals surface area contributed by atoms with E-state index in [4.69, 9.17) is 13.9 Å². The molecule has 25 heavy (non-hydrogen) atoms. The summed E-state index contributed by atoms with van der Waals surface area (Å²) in [4.78, 5) is 11.9. The fourth-order valence-corrected chi connectivity index (χ4v) is 3.25. The molecule has 0 aliphatic rings. The fourth-order valence-electron chi connectivity index (χ4n) is 2.36. The molecule has 0 saturated carbocycles. The zero-order valence-corrected chi connectivity index (χ0v) is 16.3. The van der Waals surface area contributed by atoms with Crippen LogP contribution in [0, 0.1) is 0 Å². The van der Waals surface area contributed by atoms with E-state index in [1.807, 2.05) is 39.0 Å². The Morgan fingerprint density at radius 1 is 1.28 bits per heavy atom. The van der Waals surface area contributed by atoms with Gasteiger partial charge in [0.25, 0.3) is 0 Å². The van der Waals surface area contributed by atoms with Gasteiger partial charge in [-0.3, -0.25) is 4.79 Å². The molecular weight excluding hydrogens is 342 g/mol. The molecular formula is C18H25NO5S. The summed E-state index contributed by atoms with van der Waals surface area (Å²) in [7, 11) is 2.89. The molecule has 0 unspecified atom stereocenters. The molecule has 0 amide bonds. The third-order valence-electron chi connectivity index (χ3n) is 3.87. The van der Waals surface area contributed by atoms with Crippen molar-refractivity contribution in [3.05, 3.63) is 30.0 Å². The van der Waals surface area contributed by atoms with Crippen molar-refractivity contribution in [3.8, 4) is 5.75 Å². The minimum Gasteiger partial charge on any atom is -0.598 e. The van der Waals surface area contributed by atoms with Gasteiger partial charge < -0.3 is 18.4 Å². The lowest BCUT2D eigenvalue weighted by Crippen LogP contribution is -2.50. The van der Waals surface area contributed by atoms with Gasteiger partial charge in [-0.05, 0) is 39.8 Å². The Hall–Kier alpha value is -1.70. The van der Waals surface area contributed by atoms with Crippen LogP contribution in [-0.2, 0) is 26.4 Å². The lowest BCUT2D eigenvalue weighted by Gasteiger charge is -2.32. The number of carbonyl (C=O) groups excluding carboxylic acids is 1. The number of hydrogen-bond acceptors (Lipinski definition) is 6. The summed E-state index contributed by atoms with van der Waals surface area (Å²) in [6.45, 7) is 7.35. The van der Waals surface area contributed by atoms with E-state index in [2.05, 4.69) is 4.72 Å². The second-order valence-corrected chi connectivity index (χ2v) is 9.02. The van der Waals surface area contributed by atoms with E-state index in [9.17, 15) is 9.35 Å². The van der Waals surface area contributed by atoms with Crippen molar-refractivity contribution in [3.63, 3.8) is 0 Å². The van der Waals surface area contributed by atoms with Gasteiger partial charge in [0.2, 0.25) is 0 Å². The summed E-state index contributed by atoms with van der Waals surface area (Å²) in [6.07, 6.45) is -0.0204. The Kier molecular flexibility index (Phi) is 5.71. The van der Waals surface area contributed by atoms with Crippen LogP contribution in [0.2, 0.25) is 0 Å². The monoisotopic (exact) mass is 367 g/mol. The van der Waals surface area contributed by atoms with Crippen LogP contribution in [0.1, 0.15) is 39.9 Å². The van der Waals surface area contributed by atoms with Crippen molar-refractivity contribution >= 4 is 28.3 Å². The Labute approximate surface area is 151 Å². The molecule has 2 aromatic rings. The summed E-state index contributed by atoms with van der Waals surface area (Å²) < 4.78 is 31.3. The van der Waals surface area contributed by atoms with Crippen molar-refractivity contribution in [2.45, 2.75) is 44.4 Å². The molecule has 6 nitrogen and oxygen atoms in total. The van der Waals surface area contributed by atoms with Crippen LogP contribution in [0.4, 0.5) is 0 Å². The highest BCUT2D eigenvalue weighted by molar-refractivity contribution is 7.90. The maximum atomic E-state index is 12.6. The van der Waals surface area contributed by atoms with Gasteiger partial charge in [-0.15, -0.1) is 4.72 Å². The quantitative estimate of drug-likeness (QED) is 0.623. The van der Waals surface area contributed by atoms with Gasteiger partial charge in [-0.2, -0.15) is 0 Å². The predicted octanol–water partition coefficient (Wildman–Crippen LogP) is 3.27. The number of benzene rings is 1. The molecule has 138 valence electrons. The topological polar surface area (TPSA) is 83.8 Å². The van der Waals surface area contributed by atoms with E-state index in [1.165, 1.54) is 7.11 Å². The van der Waals surface area contributed by atoms with Crippen LogP contribution in [0.3, 0.4) is 0 Å². The maximum absolute atomic E-state index is 12.6. The number of furan rings is 1. The Bertz CT molecular complexity index is 751. The number of esters is 1. The van der Waals surface area contributed by atoms with Gasteiger partial charge >= 0.3 is 5.97 Å². The molecule has 1 heterocycles. The highest BCUT2D eigenvalue weighted by Gasteiger charge is 2.41. The Morgan fingerprint density at radius 3 is 2.52 bits per heavy atom. The smallest absolute Gasteiger partial charge is 0.308 e. The third-order valence-corrected chi connectivity index (χ3v) is 5.62. The van der Waals surface area contributed by atoms with Gasteiger partial charge in [0, 0.05) is 16.7 Å². The SMILES string of the molecule is COC(=O)C[C@](C)(N[S@+]([O-])C(C)(C)C)c1cc2cccc(OC)c2o1. The largest absolute Gasteiger partial charge is 0.598 e. The molecule has 0 aliphatic heterocycles. The van der Waals surface area contributed by atoms with Crippen molar-refractivity contribution in [2.24, 2.45) is 0 Å². The molecule has 0 bridgehead atoms. The molecule has 7 heteroatoms. The van der Waals surface area contributed by atoms with Gasteiger partial charge in [-0.1, -0.05) is 12.1 Å². The van der Waals surface area contributed by atoms with E-state index < -0.39 is 27.6 Å². The van der Waals surface area contributed by atoms with Crippen LogP contribution in [-0.4, -0.2) is 29.5 Å². The van der Waals surface area contributed by atoms with Crippen LogP contribution in [0.15, 0.2) is 28.7 Å². The first kappa shape index (κ1) is 19.6. The minimum absolute atomic E-state index is 0.0204. The van der Waals surface area contributed by atoms with E-state index in [0.29, 0.717) is 17.1 Å². The molecule has 1 N–H and O–H groups in total. The van der Waals surface area contributed by atoms with E-state index in [0.717, 1.165) is 5.39 Å². The number of ether oxygens (including phenoxy) is 2. The van der Waals surface area contributed by atoms with Crippen molar-refractivity contribution < 1.29 is 23.2 Å². The molecule has 2 atom stereocenters.